The van der Waals surface area contributed by atoms with Crippen LogP contribution in [-0.2, 0) is 13.0 Å². The van der Waals surface area contributed by atoms with Gasteiger partial charge in [-0.1, -0.05) is 6.07 Å². The molecule has 4 nitrogen and oxygen atoms in total. The van der Waals surface area contributed by atoms with Gasteiger partial charge in [0, 0.05) is 24.2 Å². The van der Waals surface area contributed by atoms with Crippen molar-refractivity contribution in [1.29, 1.82) is 0 Å². The Hall–Kier alpha value is -1.33. The quantitative estimate of drug-likeness (QED) is 0.849. The van der Waals surface area contributed by atoms with Crippen LogP contribution >= 0.6 is 11.3 Å². The summed E-state index contributed by atoms with van der Waals surface area (Å²) in [7, 11) is 2.14. The largest absolute Gasteiger partial charge is 0.382 e. The molecule has 0 bridgehead atoms. The molecule has 0 unspecified atom stereocenters. The third-order valence-electron chi connectivity index (χ3n) is 2.69. The molecule has 2 rings (SSSR count). The van der Waals surface area contributed by atoms with Gasteiger partial charge in [0.15, 0.2) is 0 Å². The molecule has 0 atom stereocenters. The van der Waals surface area contributed by atoms with Crippen LogP contribution in [0.1, 0.15) is 4.88 Å². The van der Waals surface area contributed by atoms with Crippen LogP contribution in [0.15, 0.2) is 29.8 Å². The van der Waals surface area contributed by atoms with E-state index in [-0.39, 0.29) is 0 Å². The standard InChI is InChI=1S/C12H18N4S/c1-15(6-4-11-3-2-10-17-11)8-9-16-7-5-12(13)14-16/h2-3,5,7,10H,4,6,8-9H2,1H3,(H2,13,14). The van der Waals surface area contributed by atoms with E-state index in [1.807, 2.05) is 28.3 Å². The number of nitrogen functional groups attached to an aromatic ring is 1. The van der Waals surface area contributed by atoms with Crippen molar-refractivity contribution in [3.05, 3.63) is 34.7 Å². The van der Waals surface area contributed by atoms with Crippen molar-refractivity contribution >= 4 is 17.2 Å². The van der Waals surface area contributed by atoms with Crippen molar-refractivity contribution < 1.29 is 0 Å². The molecule has 2 heterocycles. The predicted molar refractivity (Wildman–Crippen MR) is 72.2 cm³/mol. The van der Waals surface area contributed by atoms with Crippen LogP contribution in [0.25, 0.3) is 0 Å². The summed E-state index contributed by atoms with van der Waals surface area (Å²) in [6.45, 7) is 2.96. The first-order valence-corrected chi connectivity index (χ1v) is 6.62. The third-order valence-corrected chi connectivity index (χ3v) is 3.63. The summed E-state index contributed by atoms with van der Waals surface area (Å²) >= 11 is 1.82. The van der Waals surface area contributed by atoms with Crippen molar-refractivity contribution in [2.75, 3.05) is 25.9 Å². The lowest BCUT2D eigenvalue weighted by atomic mass is 10.3. The van der Waals surface area contributed by atoms with Gasteiger partial charge in [-0.25, -0.2) is 0 Å². The summed E-state index contributed by atoms with van der Waals surface area (Å²) in [6, 6.07) is 6.12. The van der Waals surface area contributed by atoms with Gasteiger partial charge in [0.2, 0.25) is 0 Å². The number of nitrogens with two attached hydrogens (primary N) is 1. The minimum Gasteiger partial charge on any atom is -0.382 e. The average Bonchev–Trinajstić information content (AvgIpc) is 2.95. The molecule has 0 aliphatic carbocycles. The summed E-state index contributed by atoms with van der Waals surface area (Å²) in [6.07, 6.45) is 3.04. The summed E-state index contributed by atoms with van der Waals surface area (Å²) in [4.78, 5) is 3.76. The van der Waals surface area contributed by atoms with Gasteiger partial charge in [-0.15, -0.1) is 11.3 Å². The zero-order valence-corrected chi connectivity index (χ0v) is 10.9. The highest BCUT2D eigenvalue weighted by molar-refractivity contribution is 7.09. The van der Waals surface area contributed by atoms with E-state index < -0.39 is 0 Å². The summed E-state index contributed by atoms with van der Waals surface area (Å²) in [5.74, 6) is 0.589. The summed E-state index contributed by atoms with van der Waals surface area (Å²) in [5, 5.41) is 6.29. The van der Waals surface area contributed by atoms with Gasteiger partial charge < -0.3 is 10.6 Å². The number of rotatable bonds is 6. The highest BCUT2D eigenvalue weighted by Gasteiger charge is 2.01. The van der Waals surface area contributed by atoms with Crippen molar-refractivity contribution in [1.82, 2.24) is 14.7 Å². The molecule has 2 aromatic heterocycles. The van der Waals surface area contributed by atoms with Gasteiger partial charge >= 0.3 is 0 Å². The second kappa shape index (κ2) is 5.84. The Morgan fingerprint density at radius 1 is 1.41 bits per heavy atom. The van der Waals surface area contributed by atoms with Crippen LogP contribution in [0.2, 0.25) is 0 Å². The molecule has 0 saturated carbocycles. The topological polar surface area (TPSA) is 47.1 Å². The van der Waals surface area contributed by atoms with E-state index in [1.165, 1.54) is 4.88 Å². The van der Waals surface area contributed by atoms with E-state index in [2.05, 4.69) is 34.6 Å². The lowest BCUT2D eigenvalue weighted by Crippen LogP contribution is -2.25. The Morgan fingerprint density at radius 3 is 2.94 bits per heavy atom. The first kappa shape index (κ1) is 12.1. The lowest BCUT2D eigenvalue weighted by Gasteiger charge is -2.15. The molecule has 0 amide bonds. The fourth-order valence-corrected chi connectivity index (χ4v) is 2.34. The number of nitrogens with zero attached hydrogens (tertiary/aromatic N) is 3. The molecule has 0 radical (unpaired) electrons. The number of anilines is 1. The highest BCUT2D eigenvalue weighted by atomic mass is 32.1. The molecule has 17 heavy (non-hydrogen) atoms. The molecular formula is C12H18N4S. The molecule has 0 aromatic carbocycles. The van der Waals surface area contributed by atoms with Crippen LogP contribution in [0, 0.1) is 0 Å². The highest BCUT2D eigenvalue weighted by Crippen LogP contribution is 2.09. The number of hydrogen-bond donors (Lipinski definition) is 1. The normalized spacial score (nSPS) is 11.2. The Balaban J connectivity index is 1.69. The SMILES string of the molecule is CN(CCc1cccs1)CCn1ccc(N)n1. The molecular weight excluding hydrogens is 232 g/mol. The monoisotopic (exact) mass is 250 g/mol. The molecule has 0 aliphatic rings. The van der Waals surface area contributed by atoms with Gasteiger partial charge in [0.05, 0.1) is 6.54 Å². The van der Waals surface area contributed by atoms with Crippen LogP contribution in [-0.4, -0.2) is 34.8 Å². The molecule has 92 valence electrons. The first-order chi connectivity index (χ1) is 8.24. The van der Waals surface area contributed by atoms with Gasteiger partial charge in [0.1, 0.15) is 5.82 Å². The van der Waals surface area contributed by atoms with E-state index in [9.17, 15) is 0 Å². The average molecular weight is 250 g/mol. The minimum atomic E-state index is 0.589. The van der Waals surface area contributed by atoms with E-state index in [0.29, 0.717) is 5.82 Å². The number of likely N-dealkylation sites (N-methyl/N-ethyl adjacent to an activating group) is 1. The fourth-order valence-electron chi connectivity index (χ4n) is 1.64. The molecule has 0 saturated heterocycles. The van der Waals surface area contributed by atoms with Crippen LogP contribution in [0.5, 0.6) is 0 Å². The Labute approximate surface area is 106 Å². The Bertz CT molecular complexity index is 435. The minimum absolute atomic E-state index is 0.589. The molecule has 5 heteroatoms. The van der Waals surface area contributed by atoms with Gasteiger partial charge in [-0.3, -0.25) is 4.68 Å². The van der Waals surface area contributed by atoms with Gasteiger partial charge in [0.25, 0.3) is 0 Å². The first-order valence-electron chi connectivity index (χ1n) is 5.74. The maximum absolute atomic E-state index is 5.56. The van der Waals surface area contributed by atoms with Crippen molar-refractivity contribution in [3.63, 3.8) is 0 Å². The predicted octanol–water partition coefficient (Wildman–Crippen LogP) is 1.70. The van der Waals surface area contributed by atoms with Gasteiger partial charge in [-0.2, -0.15) is 5.10 Å². The smallest absolute Gasteiger partial charge is 0.145 e. The van der Waals surface area contributed by atoms with E-state index in [0.717, 1.165) is 26.1 Å². The van der Waals surface area contributed by atoms with Crippen LogP contribution in [0.4, 0.5) is 5.82 Å². The lowest BCUT2D eigenvalue weighted by molar-refractivity contribution is 0.317. The van der Waals surface area contributed by atoms with Gasteiger partial charge in [-0.05, 0) is 31.0 Å². The second-order valence-electron chi connectivity index (χ2n) is 4.14. The molecule has 2 aromatic rings. The Kier molecular flexibility index (Phi) is 4.17. The van der Waals surface area contributed by atoms with E-state index in [1.54, 1.807) is 0 Å². The third kappa shape index (κ3) is 3.87. The number of hydrogen-bond acceptors (Lipinski definition) is 4. The zero-order chi connectivity index (χ0) is 12.1. The summed E-state index contributed by atoms with van der Waals surface area (Å²) in [5.41, 5.74) is 5.56. The van der Waals surface area contributed by atoms with Crippen molar-refractivity contribution in [2.24, 2.45) is 0 Å². The second-order valence-corrected chi connectivity index (χ2v) is 5.17. The molecule has 0 fully saturated rings. The molecule has 2 N–H and O–H groups in total. The molecule has 0 spiro atoms. The van der Waals surface area contributed by atoms with Crippen molar-refractivity contribution in [3.8, 4) is 0 Å². The van der Waals surface area contributed by atoms with Crippen LogP contribution in [0.3, 0.4) is 0 Å². The van der Waals surface area contributed by atoms with Crippen LogP contribution < -0.4 is 5.73 Å². The molecule has 0 aliphatic heterocycles. The zero-order valence-electron chi connectivity index (χ0n) is 10.0. The van der Waals surface area contributed by atoms with E-state index >= 15 is 0 Å². The maximum Gasteiger partial charge on any atom is 0.145 e. The number of aromatic nitrogens is 2. The number of thiophene rings is 1. The Morgan fingerprint density at radius 2 is 2.29 bits per heavy atom. The van der Waals surface area contributed by atoms with Crippen molar-refractivity contribution in [2.45, 2.75) is 13.0 Å². The maximum atomic E-state index is 5.56. The summed E-state index contributed by atoms with van der Waals surface area (Å²) < 4.78 is 1.89. The fraction of sp³-hybridized carbons (Fsp3) is 0.417. The van der Waals surface area contributed by atoms with E-state index in [4.69, 9.17) is 5.73 Å².